The molecule has 1 unspecified atom stereocenters. The van der Waals surface area contributed by atoms with Crippen LogP contribution in [0.4, 0.5) is 0 Å². The molecule has 0 fully saturated rings. The molecule has 0 amide bonds. The van der Waals surface area contributed by atoms with Crippen LogP contribution < -0.4 is 10.1 Å². The SMILES string of the molecule is CNC(C)c1ccc(OC)c(-c2ccc3c(c2)CCCC3)c1. The summed E-state index contributed by atoms with van der Waals surface area (Å²) in [6.07, 6.45) is 5.07. The third kappa shape index (κ3) is 2.89. The molecule has 1 aliphatic carbocycles. The van der Waals surface area contributed by atoms with Crippen LogP contribution in [0.15, 0.2) is 36.4 Å². The second-order valence-electron chi connectivity index (χ2n) is 6.16. The van der Waals surface area contributed by atoms with Crippen molar-refractivity contribution in [1.29, 1.82) is 0 Å². The molecular formula is C20H25NO. The minimum Gasteiger partial charge on any atom is -0.496 e. The Morgan fingerprint density at radius 3 is 2.50 bits per heavy atom. The van der Waals surface area contributed by atoms with Crippen molar-refractivity contribution in [3.05, 3.63) is 53.1 Å². The largest absolute Gasteiger partial charge is 0.496 e. The van der Waals surface area contributed by atoms with E-state index < -0.39 is 0 Å². The Hall–Kier alpha value is -1.80. The third-order valence-electron chi connectivity index (χ3n) is 4.82. The molecule has 2 heteroatoms. The van der Waals surface area contributed by atoms with E-state index in [9.17, 15) is 0 Å². The predicted molar refractivity (Wildman–Crippen MR) is 92.5 cm³/mol. The summed E-state index contributed by atoms with van der Waals surface area (Å²) in [7, 11) is 3.74. The van der Waals surface area contributed by atoms with Gasteiger partial charge in [0.2, 0.25) is 0 Å². The van der Waals surface area contributed by atoms with Gasteiger partial charge in [0.1, 0.15) is 5.75 Å². The van der Waals surface area contributed by atoms with Gasteiger partial charge < -0.3 is 10.1 Å². The maximum Gasteiger partial charge on any atom is 0.126 e. The van der Waals surface area contributed by atoms with Gasteiger partial charge in [0.25, 0.3) is 0 Å². The van der Waals surface area contributed by atoms with Crippen LogP contribution in [0.2, 0.25) is 0 Å². The standard InChI is InChI=1S/C20H25NO/c1-14(21-2)16-10-11-20(22-3)19(13-16)18-9-8-15-6-4-5-7-17(15)12-18/h8-14,21H,4-7H2,1-3H3. The summed E-state index contributed by atoms with van der Waals surface area (Å²) in [6, 6.07) is 13.7. The molecule has 1 N–H and O–H groups in total. The lowest BCUT2D eigenvalue weighted by Gasteiger charge is -2.19. The molecule has 0 bridgehead atoms. The summed E-state index contributed by atoms with van der Waals surface area (Å²) in [6.45, 7) is 2.18. The molecule has 0 aromatic heterocycles. The zero-order chi connectivity index (χ0) is 15.5. The average Bonchev–Trinajstić information content (AvgIpc) is 2.60. The lowest BCUT2D eigenvalue weighted by Crippen LogP contribution is -2.12. The molecular weight excluding hydrogens is 270 g/mol. The van der Waals surface area contributed by atoms with Crippen molar-refractivity contribution in [2.75, 3.05) is 14.2 Å². The number of methoxy groups -OCH3 is 1. The molecule has 0 heterocycles. The van der Waals surface area contributed by atoms with Crippen LogP contribution in [-0.4, -0.2) is 14.2 Å². The van der Waals surface area contributed by atoms with E-state index >= 15 is 0 Å². The zero-order valence-corrected chi connectivity index (χ0v) is 13.8. The number of ether oxygens (including phenoxy) is 1. The highest BCUT2D eigenvalue weighted by molar-refractivity contribution is 5.72. The number of benzene rings is 2. The van der Waals surface area contributed by atoms with Crippen molar-refractivity contribution in [2.24, 2.45) is 0 Å². The first kappa shape index (κ1) is 15.1. The van der Waals surface area contributed by atoms with E-state index in [1.807, 2.05) is 7.05 Å². The van der Waals surface area contributed by atoms with Gasteiger partial charge >= 0.3 is 0 Å². The molecule has 0 aliphatic heterocycles. The van der Waals surface area contributed by atoms with Crippen LogP contribution in [0.3, 0.4) is 0 Å². The molecule has 3 rings (SSSR count). The molecule has 22 heavy (non-hydrogen) atoms. The van der Waals surface area contributed by atoms with Crippen molar-refractivity contribution in [1.82, 2.24) is 5.32 Å². The van der Waals surface area contributed by atoms with Crippen LogP contribution in [0, 0.1) is 0 Å². The Labute approximate surface area is 133 Å². The van der Waals surface area contributed by atoms with Crippen LogP contribution in [0.1, 0.15) is 42.5 Å². The minimum atomic E-state index is 0.335. The van der Waals surface area contributed by atoms with E-state index in [-0.39, 0.29) is 0 Å². The van der Waals surface area contributed by atoms with Gasteiger partial charge in [-0.2, -0.15) is 0 Å². The Morgan fingerprint density at radius 2 is 1.77 bits per heavy atom. The number of hydrogen-bond donors (Lipinski definition) is 1. The van der Waals surface area contributed by atoms with Crippen LogP contribution in [0.5, 0.6) is 5.75 Å². The van der Waals surface area contributed by atoms with Gasteiger partial charge in [-0.1, -0.05) is 24.3 Å². The fraction of sp³-hybridized carbons (Fsp3) is 0.400. The van der Waals surface area contributed by atoms with Gasteiger partial charge in [-0.25, -0.2) is 0 Å². The summed E-state index contributed by atoms with van der Waals surface area (Å²) in [5.41, 5.74) is 6.78. The molecule has 2 aromatic carbocycles. The average molecular weight is 295 g/mol. The molecule has 116 valence electrons. The minimum absolute atomic E-state index is 0.335. The van der Waals surface area contributed by atoms with Crippen molar-refractivity contribution >= 4 is 0 Å². The first-order valence-electron chi connectivity index (χ1n) is 8.20. The lowest BCUT2D eigenvalue weighted by molar-refractivity contribution is 0.416. The topological polar surface area (TPSA) is 21.3 Å². The van der Waals surface area contributed by atoms with Gasteiger partial charge in [0.05, 0.1) is 7.11 Å². The second kappa shape index (κ2) is 6.53. The van der Waals surface area contributed by atoms with Crippen LogP contribution in [0.25, 0.3) is 11.1 Å². The predicted octanol–water partition coefficient (Wildman–Crippen LogP) is 4.52. The second-order valence-corrected chi connectivity index (χ2v) is 6.16. The number of nitrogens with one attached hydrogen (secondary N) is 1. The summed E-state index contributed by atoms with van der Waals surface area (Å²) < 4.78 is 5.59. The van der Waals surface area contributed by atoms with E-state index in [0.29, 0.717) is 6.04 Å². The number of aryl methyl sites for hydroxylation is 2. The van der Waals surface area contributed by atoms with Crippen molar-refractivity contribution < 1.29 is 4.74 Å². The van der Waals surface area contributed by atoms with E-state index in [1.54, 1.807) is 7.11 Å². The normalized spacial score (nSPS) is 15.2. The Morgan fingerprint density at radius 1 is 1.00 bits per heavy atom. The highest BCUT2D eigenvalue weighted by Gasteiger charge is 2.14. The van der Waals surface area contributed by atoms with Gasteiger partial charge in [0.15, 0.2) is 0 Å². The van der Waals surface area contributed by atoms with Gasteiger partial charge in [-0.3, -0.25) is 0 Å². The molecule has 0 saturated heterocycles. The Bertz CT molecular complexity index is 663. The first-order valence-corrected chi connectivity index (χ1v) is 8.20. The number of hydrogen-bond acceptors (Lipinski definition) is 2. The van der Waals surface area contributed by atoms with Crippen molar-refractivity contribution in [3.63, 3.8) is 0 Å². The third-order valence-corrected chi connectivity index (χ3v) is 4.82. The maximum atomic E-state index is 5.59. The zero-order valence-electron chi connectivity index (χ0n) is 13.8. The summed E-state index contributed by atoms with van der Waals surface area (Å²) in [5, 5.41) is 3.31. The van der Waals surface area contributed by atoms with Crippen molar-refractivity contribution in [3.8, 4) is 16.9 Å². The maximum absolute atomic E-state index is 5.59. The van der Waals surface area contributed by atoms with E-state index in [2.05, 4.69) is 48.6 Å². The highest BCUT2D eigenvalue weighted by atomic mass is 16.5. The Balaban J connectivity index is 2.05. The van der Waals surface area contributed by atoms with Crippen LogP contribution in [-0.2, 0) is 12.8 Å². The fourth-order valence-corrected chi connectivity index (χ4v) is 3.29. The molecule has 2 aromatic rings. The quantitative estimate of drug-likeness (QED) is 0.895. The van der Waals surface area contributed by atoms with Gasteiger partial charge in [-0.15, -0.1) is 0 Å². The molecule has 0 radical (unpaired) electrons. The smallest absolute Gasteiger partial charge is 0.126 e. The summed E-state index contributed by atoms with van der Waals surface area (Å²) in [4.78, 5) is 0. The van der Waals surface area contributed by atoms with Gasteiger partial charge in [0, 0.05) is 11.6 Å². The fourth-order valence-electron chi connectivity index (χ4n) is 3.29. The summed E-state index contributed by atoms with van der Waals surface area (Å²) in [5.74, 6) is 0.947. The lowest BCUT2D eigenvalue weighted by atomic mass is 9.88. The monoisotopic (exact) mass is 295 g/mol. The molecule has 0 saturated carbocycles. The van der Waals surface area contributed by atoms with Crippen molar-refractivity contribution in [2.45, 2.75) is 38.6 Å². The molecule has 1 aliphatic rings. The number of rotatable bonds is 4. The molecule has 2 nitrogen and oxygen atoms in total. The van der Waals surface area contributed by atoms with Crippen LogP contribution >= 0.6 is 0 Å². The van der Waals surface area contributed by atoms with E-state index in [0.717, 1.165) is 5.75 Å². The molecule has 1 atom stereocenters. The van der Waals surface area contributed by atoms with Gasteiger partial charge in [-0.05, 0) is 74.0 Å². The van der Waals surface area contributed by atoms with E-state index in [4.69, 9.17) is 4.74 Å². The highest BCUT2D eigenvalue weighted by Crippen LogP contribution is 2.35. The Kier molecular flexibility index (Phi) is 4.49. The van der Waals surface area contributed by atoms with E-state index in [1.165, 1.54) is 53.5 Å². The summed E-state index contributed by atoms with van der Waals surface area (Å²) >= 11 is 0. The number of fused-ring (bicyclic) bond motifs is 1. The molecule has 0 spiro atoms. The first-order chi connectivity index (χ1) is 10.7.